The Morgan fingerprint density at radius 2 is 1.64 bits per heavy atom. The highest BCUT2D eigenvalue weighted by molar-refractivity contribution is 5.89. The highest BCUT2D eigenvalue weighted by Crippen LogP contribution is 2.30. The number of piperidine rings is 1. The third kappa shape index (κ3) is 5.81. The fourth-order valence-corrected chi connectivity index (χ4v) is 4.89. The Labute approximate surface area is 196 Å². The Balaban J connectivity index is 1.22. The molecular formula is C27H33N3O3. The predicted molar refractivity (Wildman–Crippen MR) is 127 cm³/mol. The molecule has 0 spiro atoms. The van der Waals surface area contributed by atoms with Gasteiger partial charge in [0.05, 0.1) is 12.0 Å². The van der Waals surface area contributed by atoms with Gasteiger partial charge in [-0.05, 0) is 37.3 Å². The van der Waals surface area contributed by atoms with Crippen molar-refractivity contribution in [2.24, 2.45) is 5.92 Å². The molecule has 33 heavy (non-hydrogen) atoms. The number of benzene rings is 2. The summed E-state index contributed by atoms with van der Waals surface area (Å²) >= 11 is 0. The van der Waals surface area contributed by atoms with Gasteiger partial charge in [0.15, 0.2) is 0 Å². The van der Waals surface area contributed by atoms with E-state index in [1.54, 1.807) is 0 Å². The third-order valence-electron chi connectivity index (χ3n) is 6.91. The van der Waals surface area contributed by atoms with Crippen LogP contribution in [0.2, 0.25) is 0 Å². The maximum absolute atomic E-state index is 13.1. The molecule has 0 saturated carbocycles. The van der Waals surface area contributed by atoms with Crippen LogP contribution in [0.4, 0.5) is 0 Å². The van der Waals surface area contributed by atoms with E-state index in [0.717, 1.165) is 30.4 Å². The van der Waals surface area contributed by atoms with Gasteiger partial charge in [-0.25, -0.2) is 0 Å². The van der Waals surface area contributed by atoms with E-state index in [9.17, 15) is 14.4 Å². The lowest BCUT2D eigenvalue weighted by molar-refractivity contribution is -0.137. The van der Waals surface area contributed by atoms with Crippen LogP contribution in [0.15, 0.2) is 60.7 Å². The maximum Gasteiger partial charge on any atom is 0.227 e. The predicted octanol–water partition coefficient (Wildman–Crippen LogP) is 3.34. The second-order valence-electron chi connectivity index (χ2n) is 9.19. The van der Waals surface area contributed by atoms with Gasteiger partial charge in [0, 0.05) is 38.5 Å². The molecule has 2 fully saturated rings. The number of amides is 3. The van der Waals surface area contributed by atoms with Crippen LogP contribution in [0.5, 0.6) is 0 Å². The van der Waals surface area contributed by atoms with Crippen molar-refractivity contribution in [2.75, 3.05) is 19.6 Å². The Bertz CT molecular complexity index is 955. The largest absolute Gasteiger partial charge is 0.353 e. The molecule has 2 saturated heterocycles. The normalized spacial score (nSPS) is 20.0. The lowest BCUT2D eigenvalue weighted by Crippen LogP contribution is -2.48. The molecule has 2 atom stereocenters. The minimum atomic E-state index is -0.277. The molecule has 0 radical (unpaired) electrons. The Morgan fingerprint density at radius 1 is 1.00 bits per heavy atom. The van der Waals surface area contributed by atoms with Crippen LogP contribution in [-0.4, -0.2) is 53.2 Å². The second-order valence-corrected chi connectivity index (χ2v) is 9.19. The first-order valence-corrected chi connectivity index (χ1v) is 12.0. The quantitative estimate of drug-likeness (QED) is 0.708. The van der Waals surface area contributed by atoms with Gasteiger partial charge in [0.2, 0.25) is 17.7 Å². The van der Waals surface area contributed by atoms with E-state index in [1.165, 1.54) is 0 Å². The van der Waals surface area contributed by atoms with E-state index in [4.69, 9.17) is 0 Å². The molecule has 6 nitrogen and oxygen atoms in total. The van der Waals surface area contributed by atoms with Crippen LogP contribution in [0.25, 0.3) is 0 Å². The highest BCUT2D eigenvalue weighted by Gasteiger charge is 2.39. The summed E-state index contributed by atoms with van der Waals surface area (Å²) < 4.78 is 0. The summed E-state index contributed by atoms with van der Waals surface area (Å²) in [5.74, 6) is -0.0959. The van der Waals surface area contributed by atoms with E-state index < -0.39 is 0 Å². The van der Waals surface area contributed by atoms with Crippen molar-refractivity contribution in [3.8, 4) is 0 Å². The molecule has 0 aliphatic carbocycles. The molecule has 2 heterocycles. The zero-order chi connectivity index (χ0) is 23.2. The van der Waals surface area contributed by atoms with Crippen molar-refractivity contribution < 1.29 is 14.4 Å². The molecule has 174 valence electrons. The molecule has 2 unspecified atom stereocenters. The van der Waals surface area contributed by atoms with Crippen molar-refractivity contribution in [2.45, 2.75) is 51.1 Å². The molecule has 3 amide bonds. The van der Waals surface area contributed by atoms with E-state index in [0.29, 0.717) is 26.1 Å². The summed E-state index contributed by atoms with van der Waals surface area (Å²) in [5.41, 5.74) is 2.25. The molecule has 4 rings (SSSR count). The average Bonchev–Trinajstić information content (AvgIpc) is 3.25. The Hall–Kier alpha value is -3.15. The summed E-state index contributed by atoms with van der Waals surface area (Å²) in [6.45, 7) is 3.75. The maximum atomic E-state index is 13.1. The van der Waals surface area contributed by atoms with Crippen LogP contribution in [0.1, 0.15) is 49.8 Å². The van der Waals surface area contributed by atoms with Gasteiger partial charge in [-0.1, -0.05) is 60.7 Å². The van der Waals surface area contributed by atoms with Gasteiger partial charge < -0.3 is 15.1 Å². The molecule has 2 aliphatic heterocycles. The first-order valence-electron chi connectivity index (χ1n) is 12.0. The fraction of sp³-hybridized carbons (Fsp3) is 0.444. The van der Waals surface area contributed by atoms with Crippen LogP contribution in [-0.2, 0) is 20.8 Å². The summed E-state index contributed by atoms with van der Waals surface area (Å²) in [4.78, 5) is 41.8. The van der Waals surface area contributed by atoms with Crippen LogP contribution < -0.4 is 5.32 Å². The van der Waals surface area contributed by atoms with E-state index in [2.05, 4.69) is 5.32 Å². The molecule has 1 N–H and O–H groups in total. The van der Waals surface area contributed by atoms with Gasteiger partial charge in [0.1, 0.15) is 0 Å². The number of carbonyl (C=O) groups excluding carboxylic acids is 3. The monoisotopic (exact) mass is 447 g/mol. The lowest BCUT2D eigenvalue weighted by atomic mass is 10.0. The number of hydrogen-bond acceptors (Lipinski definition) is 3. The fourth-order valence-electron chi connectivity index (χ4n) is 4.89. The zero-order valence-electron chi connectivity index (χ0n) is 19.3. The molecule has 2 aliphatic rings. The lowest BCUT2D eigenvalue weighted by Gasteiger charge is -2.34. The number of carbonyl (C=O) groups is 3. The number of aryl methyl sites for hydroxylation is 1. The van der Waals surface area contributed by atoms with Gasteiger partial charge in [-0.3, -0.25) is 14.4 Å². The van der Waals surface area contributed by atoms with Crippen LogP contribution in [0.3, 0.4) is 0 Å². The van der Waals surface area contributed by atoms with Gasteiger partial charge >= 0.3 is 0 Å². The minimum absolute atomic E-state index is 0.0339. The van der Waals surface area contributed by atoms with Crippen LogP contribution in [0, 0.1) is 5.92 Å². The summed E-state index contributed by atoms with van der Waals surface area (Å²) in [7, 11) is 0. The van der Waals surface area contributed by atoms with Gasteiger partial charge in [-0.15, -0.1) is 0 Å². The second kappa shape index (κ2) is 10.6. The van der Waals surface area contributed by atoms with E-state index in [-0.39, 0.29) is 42.1 Å². The van der Waals surface area contributed by atoms with Crippen molar-refractivity contribution in [1.29, 1.82) is 0 Å². The summed E-state index contributed by atoms with van der Waals surface area (Å²) in [6, 6.07) is 20.0. The minimum Gasteiger partial charge on any atom is -0.353 e. The molecule has 2 aromatic carbocycles. The highest BCUT2D eigenvalue weighted by atomic mass is 16.2. The van der Waals surface area contributed by atoms with Crippen molar-refractivity contribution in [1.82, 2.24) is 15.1 Å². The zero-order valence-corrected chi connectivity index (χ0v) is 19.3. The molecule has 0 aromatic heterocycles. The number of rotatable bonds is 7. The topological polar surface area (TPSA) is 69.7 Å². The SMILES string of the molecule is CC(c1ccccc1)N1CC(C(=O)N2CCC(NC(=O)CCc3ccccc3)CC2)CC1=O. The number of likely N-dealkylation sites (tertiary alicyclic amines) is 2. The Kier molecular flexibility index (Phi) is 7.43. The van der Waals surface area contributed by atoms with Crippen molar-refractivity contribution in [3.05, 3.63) is 71.8 Å². The first-order chi connectivity index (χ1) is 16.0. The summed E-state index contributed by atoms with van der Waals surface area (Å²) in [5, 5.41) is 3.13. The smallest absolute Gasteiger partial charge is 0.227 e. The number of hydrogen-bond donors (Lipinski definition) is 1. The molecule has 0 bridgehead atoms. The number of nitrogens with zero attached hydrogens (tertiary/aromatic N) is 2. The number of nitrogens with one attached hydrogen (secondary N) is 1. The van der Waals surface area contributed by atoms with Crippen molar-refractivity contribution >= 4 is 17.7 Å². The standard InChI is InChI=1S/C27H33N3O3/c1-20(22-10-6-3-7-11-22)30-19-23(18-26(30)32)27(33)29-16-14-24(15-17-29)28-25(31)13-12-21-8-4-2-5-9-21/h2-11,20,23-24H,12-19H2,1H3,(H,28,31). The molecular weight excluding hydrogens is 414 g/mol. The first kappa shape index (κ1) is 23.0. The van der Waals surface area contributed by atoms with Gasteiger partial charge in [0.25, 0.3) is 0 Å². The summed E-state index contributed by atoms with van der Waals surface area (Å²) in [6.07, 6.45) is 3.01. The van der Waals surface area contributed by atoms with Crippen molar-refractivity contribution in [3.63, 3.8) is 0 Å². The van der Waals surface area contributed by atoms with Crippen LogP contribution >= 0.6 is 0 Å². The average molecular weight is 448 g/mol. The van der Waals surface area contributed by atoms with E-state index >= 15 is 0 Å². The Morgan fingerprint density at radius 3 is 2.30 bits per heavy atom. The molecule has 2 aromatic rings. The van der Waals surface area contributed by atoms with E-state index in [1.807, 2.05) is 77.4 Å². The third-order valence-corrected chi connectivity index (χ3v) is 6.91. The molecule has 6 heteroatoms. The van der Waals surface area contributed by atoms with Gasteiger partial charge in [-0.2, -0.15) is 0 Å².